The molecule has 1 aliphatic heterocycles. The number of carbonyl (C=O) groups excluding carboxylic acids is 3. The number of nitrogens with one attached hydrogen (secondary N) is 2. The molecule has 1 fully saturated rings. The molecule has 0 aliphatic carbocycles. The van der Waals surface area contributed by atoms with E-state index >= 15 is 0 Å². The number of rotatable bonds is 7. The maximum absolute atomic E-state index is 12.5. The Bertz CT molecular complexity index is 951. The molecule has 158 valence electrons. The molecule has 8 nitrogen and oxygen atoms in total. The lowest BCUT2D eigenvalue weighted by Gasteiger charge is -2.16. The van der Waals surface area contributed by atoms with Crippen molar-refractivity contribution in [1.82, 2.24) is 5.32 Å². The molecule has 3 amide bonds. The Morgan fingerprint density at radius 2 is 1.83 bits per heavy atom. The highest BCUT2D eigenvalue weighted by Gasteiger charge is 2.35. The monoisotopic (exact) mass is 431 g/mol. The van der Waals surface area contributed by atoms with Crippen LogP contribution in [0, 0.1) is 5.92 Å². The third-order valence-electron chi connectivity index (χ3n) is 4.73. The number of para-hydroxylation sites is 1. The van der Waals surface area contributed by atoms with Crippen molar-refractivity contribution in [3.63, 3.8) is 0 Å². The van der Waals surface area contributed by atoms with E-state index in [0.717, 1.165) is 5.69 Å². The number of carbonyl (C=O) groups is 3. The van der Waals surface area contributed by atoms with Gasteiger partial charge in [-0.1, -0.05) is 29.8 Å². The molecular formula is C21H22ClN3O5. The number of hydrogen-bond donors (Lipinski definition) is 2. The summed E-state index contributed by atoms with van der Waals surface area (Å²) in [6.07, 6.45) is 0.101. The highest BCUT2D eigenvalue weighted by atomic mass is 35.5. The fourth-order valence-electron chi connectivity index (χ4n) is 3.20. The van der Waals surface area contributed by atoms with Gasteiger partial charge in [-0.15, -0.1) is 0 Å². The molecule has 1 heterocycles. The molecule has 0 radical (unpaired) electrons. The predicted molar refractivity (Wildman–Crippen MR) is 113 cm³/mol. The van der Waals surface area contributed by atoms with Gasteiger partial charge in [-0.25, -0.2) is 0 Å². The van der Waals surface area contributed by atoms with Crippen LogP contribution in [-0.4, -0.2) is 45.0 Å². The first-order valence-electron chi connectivity index (χ1n) is 9.27. The van der Waals surface area contributed by atoms with E-state index < -0.39 is 11.8 Å². The molecule has 0 saturated carbocycles. The first-order valence-corrected chi connectivity index (χ1v) is 9.65. The van der Waals surface area contributed by atoms with Gasteiger partial charge in [-0.05, 0) is 18.2 Å². The number of ether oxygens (including phenoxy) is 2. The van der Waals surface area contributed by atoms with E-state index in [2.05, 4.69) is 10.6 Å². The summed E-state index contributed by atoms with van der Waals surface area (Å²) in [5.74, 6) is -0.660. The summed E-state index contributed by atoms with van der Waals surface area (Å²) in [7, 11) is 2.93. The zero-order valence-corrected chi connectivity index (χ0v) is 17.4. The van der Waals surface area contributed by atoms with Crippen LogP contribution in [0.5, 0.6) is 11.5 Å². The van der Waals surface area contributed by atoms with Crippen molar-refractivity contribution in [2.45, 2.75) is 6.42 Å². The molecule has 2 N–H and O–H groups in total. The molecule has 2 aromatic carbocycles. The number of benzene rings is 2. The Morgan fingerprint density at radius 1 is 1.13 bits per heavy atom. The molecule has 0 spiro atoms. The molecule has 0 bridgehead atoms. The van der Waals surface area contributed by atoms with Crippen LogP contribution in [0.3, 0.4) is 0 Å². The van der Waals surface area contributed by atoms with E-state index in [1.54, 1.807) is 11.0 Å². The fraction of sp³-hybridized carbons (Fsp3) is 0.286. The van der Waals surface area contributed by atoms with E-state index in [1.165, 1.54) is 20.3 Å². The molecule has 0 aromatic heterocycles. The lowest BCUT2D eigenvalue weighted by molar-refractivity contribution is -0.127. The Kier molecular flexibility index (Phi) is 6.79. The second kappa shape index (κ2) is 9.49. The third kappa shape index (κ3) is 4.83. The van der Waals surface area contributed by atoms with E-state index in [1.807, 2.05) is 30.3 Å². The zero-order chi connectivity index (χ0) is 21.7. The van der Waals surface area contributed by atoms with Gasteiger partial charge in [0.2, 0.25) is 17.7 Å². The first kappa shape index (κ1) is 21.4. The van der Waals surface area contributed by atoms with Crippen molar-refractivity contribution in [3.8, 4) is 11.5 Å². The van der Waals surface area contributed by atoms with Crippen LogP contribution in [0.2, 0.25) is 5.02 Å². The van der Waals surface area contributed by atoms with Gasteiger partial charge in [-0.3, -0.25) is 14.4 Å². The van der Waals surface area contributed by atoms with Crippen molar-refractivity contribution in [1.29, 1.82) is 0 Å². The molecule has 30 heavy (non-hydrogen) atoms. The topological polar surface area (TPSA) is 97.0 Å². The van der Waals surface area contributed by atoms with E-state index in [4.69, 9.17) is 21.1 Å². The molecular weight excluding hydrogens is 410 g/mol. The lowest BCUT2D eigenvalue weighted by atomic mass is 10.1. The van der Waals surface area contributed by atoms with Crippen molar-refractivity contribution in [3.05, 3.63) is 47.5 Å². The summed E-state index contributed by atoms with van der Waals surface area (Å²) in [6.45, 7) is 0.0277. The van der Waals surface area contributed by atoms with Crippen LogP contribution in [0.15, 0.2) is 42.5 Å². The normalized spacial score (nSPS) is 15.6. The summed E-state index contributed by atoms with van der Waals surface area (Å²) < 4.78 is 10.4. The summed E-state index contributed by atoms with van der Waals surface area (Å²) in [5, 5.41) is 5.54. The number of methoxy groups -OCH3 is 2. The molecule has 1 saturated heterocycles. The Morgan fingerprint density at radius 3 is 2.50 bits per heavy atom. The van der Waals surface area contributed by atoms with Crippen molar-refractivity contribution in [2.24, 2.45) is 5.92 Å². The summed E-state index contributed by atoms with van der Waals surface area (Å²) in [5.41, 5.74) is 1.10. The largest absolute Gasteiger partial charge is 0.495 e. The first-order chi connectivity index (χ1) is 14.4. The summed E-state index contributed by atoms with van der Waals surface area (Å²) >= 11 is 6.10. The van der Waals surface area contributed by atoms with Gasteiger partial charge >= 0.3 is 0 Å². The van der Waals surface area contributed by atoms with Crippen LogP contribution in [0.25, 0.3) is 0 Å². The smallest absolute Gasteiger partial charge is 0.243 e. The third-order valence-corrected chi connectivity index (χ3v) is 5.03. The van der Waals surface area contributed by atoms with Crippen molar-refractivity contribution in [2.75, 3.05) is 37.5 Å². The van der Waals surface area contributed by atoms with Crippen LogP contribution in [0.1, 0.15) is 6.42 Å². The predicted octanol–water partition coefficient (Wildman–Crippen LogP) is 2.46. The number of nitrogens with zero attached hydrogens (tertiary/aromatic N) is 1. The van der Waals surface area contributed by atoms with Gasteiger partial charge in [0.05, 0.1) is 37.4 Å². The number of amides is 3. The highest BCUT2D eigenvalue weighted by molar-refractivity contribution is 6.32. The van der Waals surface area contributed by atoms with Crippen LogP contribution < -0.4 is 25.0 Å². The minimum Gasteiger partial charge on any atom is -0.495 e. The number of hydrogen-bond acceptors (Lipinski definition) is 5. The molecule has 2 aromatic rings. The van der Waals surface area contributed by atoms with Gasteiger partial charge in [0, 0.05) is 24.7 Å². The number of anilines is 2. The van der Waals surface area contributed by atoms with E-state index in [9.17, 15) is 14.4 Å². The Hall–Kier alpha value is -3.26. The highest BCUT2D eigenvalue weighted by Crippen LogP contribution is 2.35. The van der Waals surface area contributed by atoms with Crippen LogP contribution >= 0.6 is 11.6 Å². The Balaban J connectivity index is 1.56. The molecule has 3 rings (SSSR count). The average molecular weight is 432 g/mol. The van der Waals surface area contributed by atoms with E-state index in [0.29, 0.717) is 22.2 Å². The van der Waals surface area contributed by atoms with Crippen LogP contribution in [-0.2, 0) is 14.4 Å². The van der Waals surface area contributed by atoms with Gasteiger partial charge in [0.25, 0.3) is 0 Å². The summed E-state index contributed by atoms with van der Waals surface area (Å²) in [6, 6.07) is 12.2. The molecule has 1 atom stereocenters. The lowest BCUT2D eigenvalue weighted by Crippen LogP contribution is -2.38. The second-order valence-corrected chi connectivity index (χ2v) is 7.10. The molecule has 1 unspecified atom stereocenters. The molecule has 1 aliphatic rings. The van der Waals surface area contributed by atoms with Gasteiger partial charge in [-0.2, -0.15) is 0 Å². The minimum absolute atomic E-state index is 0.101. The maximum Gasteiger partial charge on any atom is 0.243 e. The van der Waals surface area contributed by atoms with Crippen molar-refractivity contribution < 1.29 is 23.9 Å². The van der Waals surface area contributed by atoms with Gasteiger partial charge in [0.1, 0.15) is 11.5 Å². The van der Waals surface area contributed by atoms with E-state index in [-0.39, 0.29) is 31.3 Å². The second-order valence-electron chi connectivity index (χ2n) is 6.69. The quantitative estimate of drug-likeness (QED) is 0.702. The average Bonchev–Trinajstić information content (AvgIpc) is 3.14. The molecule has 9 heteroatoms. The van der Waals surface area contributed by atoms with Gasteiger partial charge < -0.3 is 25.0 Å². The standard InChI is InChI=1S/C21H22ClN3O5/c1-29-17-10-18(30-2)16(9-15(17)22)24-19(26)11-23-21(28)13-8-20(27)25(12-13)14-6-4-3-5-7-14/h3-7,9-10,13H,8,11-12H2,1-2H3,(H,23,28)(H,24,26). The maximum atomic E-state index is 12.5. The summed E-state index contributed by atoms with van der Waals surface area (Å²) in [4.78, 5) is 38.6. The van der Waals surface area contributed by atoms with Crippen LogP contribution in [0.4, 0.5) is 11.4 Å². The SMILES string of the molecule is COc1cc(OC)c(NC(=O)CNC(=O)C2CC(=O)N(c3ccccc3)C2)cc1Cl. The zero-order valence-electron chi connectivity index (χ0n) is 16.6. The van der Waals surface area contributed by atoms with Gasteiger partial charge in [0.15, 0.2) is 0 Å². The fourth-order valence-corrected chi connectivity index (χ4v) is 3.45. The minimum atomic E-state index is -0.518. The van der Waals surface area contributed by atoms with Crippen molar-refractivity contribution >= 4 is 40.7 Å². The number of halogens is 1. The Labute approximate surface area is 179 Å².